The average molecular weight is 844 g/mol. The lowest BCUT2D eigenvalue weighted by molar-refractivity contribution is 0.338. The van der Waals surface area contributed by atoms with Gasteiger partial charge in [-0.2, -0.15) is 13.2 Å². The number of fused-ring (bicyclic) bond motifs is 2. The van der Waals surface area contributed by atoms with Gasteiger partial charge in [0.25, 0.3) is 10.1 Å². The Hall–Kier alpha value is -5.07. The van der Waals surface area contributed by atoms with Gasteiger partial charge in [0.2, 0.25) is 0 Å². The molecule has 18 heteroatoms. The highest BCUT2D eigenvalue weighted by molar-refractivity contribution is 7.91. The van der Waals surface area contributed by atoms with Crippen LogP contribution in [-0.2, 0) is 50.1 Å². The first kappa shape index (κ1) is 47.3. The van der Waals surface area contributed by atoms with E-state index in [-0.39, 0.29) is 30.5 Å². The van der Waals surface area contributed by atoms with Gasteiger partial charge in [-0.05, 0) is 49.2 Å². The second-order valence-corrected chi connectivity index (χ2v) is 16.7. The minimum absolute atomic E-state index is 0.131. The number of sulfone groups is 1. The molecule has 316 valence electrons. The zero-order chi connectivity index (χ0) is 42.9. The normalized spacial score (nSPS) is 11.2. The molecule has 4 aromatic carbocycles. The number of nitrogens with zero attached hydrogens (tertiary/aromatic N) is 9. The van der Waals surface area contributed by atoms with E-state index in [0.717, 1.165) is 46.1 Å². The van der Waals surface area contributed by atoms with E-state index >= 15 is 0 Å². The van der Waals surface area contributed by atoms with E-state index in [9.17, 15) is 25.6 Å². The number of tetrazole rings is 1. The molecule has 0 saturated heterocycles. The van der Waals surface area contributed by atoms with Gasteiger partial charge >= 0.3 is 0 Å². The van der Waals surface area contributed by atoms with E-state index in [4.69, 9.17) is 4.18 Å². The highest BCUT2D eigenvalue weighted by atomic mass is 32.2. The van der Waals surface area contributed by atoms with Crippen LogP contribution >= 0.6 is 0 Å². The van der Waals surface area contributed by atoms with E-state index in [1.165, 1.54) is 9.48 Å². The number of anilines is 2. The molecule has 6 rings (SSSR count). The zero-order valence-corrected chi connectivity index (χ0v) is 36.1. The molecular formula is C40H55F2N9O5S2. The summed E-state index contributed by atoms with van der Waals surface area (Å²) >= 11 is 0. The molecule has 0 fully saturated rings. The third kappa shape index (κ3) is 13.0. The van der Waals surface area contributed by atoms with E-state index in [2.05, 4.69) is 25.7 Å². The lowest BCUT2D eigenvalue weighted by Gasteiger charge is -2.16. The molecule has 0 bridgehead atoms. The first-order valence-electron chi connectivity index (χ1n) is 19.0. The number of hydrogen-bond donors (Lipinski definition) is 0. The summed E-state index contributed by atoms with van der Waals surface area (Å²) in [5.41, 5.74) is 2.92. The van der Waals surface area contributed by atoms with Crippen molar-refractivity contribution < 1.29 is 29.8 Å². The molecule has 2 aromatic heterocycles. The standard InChI is InChI=1S/C15H19NO2S.C14H17NO3S.C6H10FN3.C5H9FN4/c1-4-11-19(17,18)15-10-6-7-12-13(15)8-5-9-14(12)16(2)3;1-4-18-19(16,17)14-10-6-7-11-12(14)8-5-9-13(11)15(2)3;1-2-6-5-10(4-3-7)9-8-6;1-2-5-7-9-10(8-5)4-3-6/h5-10H,4,11H2,1-3H3;5-10H,4H2,1-3H3;5H,2-4H2,1H3;2-4H2,1H3. The third-order valence-corrected chi connectivity index (χ3v) is 11.8. The molecule has 0 aliphatic carbocycles. The van der Waals surface area contributed by atoms with Crippen LogP contribution in [0.3, 0.4) is 0 Å². The topological polar surface area (TPSA) is 158 Å². The first-order valence-corrected chi connectivity index (χ1v) is 22.0. The predicted octanol–water partition coefficient (Wildman–Crippen LogP) is 6.74. The van der Waals surface area contributed by atoms with Crippen molar-refractivity contribution in [3.05, 3.63) is 90.5 Å². The molecule has 0 unspecified atom stereocenters. The Morgan fingerprint density at radius 1 is 0.655 bits per heavy atom. The SMILES string of the molecule is CCCS(=O)(=O)c1cccc2c(N(C)C)cccc12.CCOS(=O)(=O)c1cccc2c(N(C)C)cccc12.CCc1cn(CCF)nn1.CCc1nnn(CCF)n1. The monoisotopic (exact) mass is 843 g/mol. The zero-order valence-electron chi connectivity index (χ0n) is 34.5. The molecule has 0 saturated carbocycles. The van der Waals surface area contributed by atoms with Gasteiger partial charge in [-0.3, -0.25) is 4.18 Å². The summed E-state index contributed by atoms with van der Waals surface area (Å²) in [5, 5.41) is 22.0. The molecule has 58 heavy (non-hydrogen) atoms. The molecular weight excluding hydrogens is 789 g/mol. The highest BCUT2D eigenvalue weighted by Crippen LogP contribution is 2.32. The fraction of sp³-hybridized carbons (Fsp3) is 0.425. The van der Waals surface area contributed by atoms with Crippen LogP contribution in [0.1, 0.15) is 45.6 Å². The van der Waals surface area contributed by atoms with Crippen molar-refractivity contribution in [1.29, 1.82) is 0 Å². The number of alkyl halides is 2. The summed E-state index contributed by atoms with van der Waals surface area (Å²) in [6, 6.07) is 22.1. The van der Waals surface area contributed by atoms with Crippen molar-refractivity contribution in [2.75, 3.05) is 63.7 Å². The fourth-order valence-corrected chi connectivity index (χ4v) is 8.37. The van der Waals surface area contributed by atoms with Crippen molar-refractivity contribution in [2.45, 2.75) is 69.8 Å². The van der Waals surface area contributed by atoms with Crippen LogP contribution in [0, 0.1) is 0 Å². The molecule has 0 aliphatic rings. The van der Waals surface area contributed by atoms with Crippen LogP contribution in [0.5, 0.6) is 0 Å². The van der Waals surface area contributed by atoms with Gasteiger partial charge in [-0.1, -0.05) is 74.5 Å². The molecule has 0 spiro atoms. The summed E-state index contributed by atoms with van der Waals surface area (Å²) in [4.78, 5) is 5.88. The summed E-state index contributed by atoms with van der Waals surface area (Å²) in [6.07, 6.45) is 3.99. The molecule has 0 atom stereocenters. The summed E-state index contributed by atoms with van der Waals surface area (Å²) in [7, 11) is 0.883. The first-order chi connectivity index (χ1) is 27.7. The smallest absolute Gasteiger partial charge is 0.297 e. The van der Waals surface area contributed by atoms with Crippen LogP contribution in [-0.4, -0.2) is 106 Å². The minimum atomic E-state index is -3.70. The van der Waals surface area contributed by atoms with E-state index < -0.39 is 26.6 Å². The van der Waals surface area contributed by atoms with Gasteiger partial charge in [0.1, 0.15) is 18.2 Å². The van der Waals surface area contributed by atoms with E-state index in [0.29, 0.717) is 29.1 Å². The van der Waals surface area contributed by atoms with Crippen LogP contribution in [0.15, 0.2) is 88.8 Å². The highest BCUT2D eigenvalue weighted by Gasteiger charge is 2.19. The predicted molar refractivity (Wildman–Crippen MR) is 226 cm³/mol. The van der Waals surface area contributed by atoms with Crippen LogP contribution < -0.4 is 9.80 Å². The van der Waals surface area contributed by atoms with Crippen molar-refractivity contribution in [3.8, 4) is 0 Å². The Morgan fingerprint density at radius 3 is 1.66 bits per heavy atom. The number of aromatic nitrogens is 7. The number of aryl methyl sites for hydroxylation is 4. The number of rotatable bonds is 14. The van der Waals surface area contributed by atoms with E-state index in [1.807, 2.05) is 107 Å². The molecule has 0 N–H and O–H groups in total. The van der Waals surface area contributed by atoms with Crippen molar-refractivity contribution in [3.63, 3.8) is 0 Å². The Labute approximate surface area is 340 Å². The van der Waals surface area contributed by atoms with Gasteiger partial charge < -0.3 is 9.80 Å². The quantitative estimate of drug-likeness (QED) is 0.107. The van der Waals surface area contributed by atoms with Gasteiger partial charge in [0, 0.05) is 73.7 Å². The molecule has 0 radical (unpaired) electrons. The molecule has 14 nitrogen and oxygen atoms in total. The van der Waals surface area contributed by atoms with E-state index in [1.54, 1.807) is 37.4 Å². The van der Waals surface area contributed by atoms with Crippen molar-refractivity contribution >= 4 is 52.9 Å². The van der Waals surface area contributed by atoms with Crippen LogP contribution in [0.4, 0.5) is 20.2 Å². The summed E-state index contributed by atoms with van der Waals surface area (Å²) in [6.45, 7) is 7.28. The fourth-order valence-electron chi connectivity index (χ4n) is 5.68. The molecule has 2 heterocycles. The Kier molecular flexibility index (Phi) is 18.6. The summed E-state index contributed by atoms with van der Waals surface area (Å²) < 4.78 is 78.6. The second kappa shape index (κ2) is 22.8. The Balaban J connectivity index is 0.000000216. The van der Waals surface area contributed by atoms with Gasteiger partial charge in [-0.25, -0.2) is 21.9 Å². The number of benzene rings is 4. The lowest BCUT2D eigenvalue weighted by atomic mass is 10.1. The van der Waals surface area contributed by atoms with Gasteiger partial charge in [0.15, 0.2) is 15.7 Å². The lowest BCUT2D eigenvalue weighted by Crippen LogP contribution is -2.10. The third-order valence-electron chi connectivity index (χ3n) is 8.39. The largest absolute Gasteiger partial charge is 0.377 e. The maximum absolute atomic E-state index is 12.3. The van der Waals surface area contributed by atoms with Gasteiger partial charge in [-0.15, -0.1) is 15.3 Å². The molecule has 0 amide bonds. The minimum Gasteiger partial charge on any atom is -0.377 e. The summed E-state index contributed by atoms with van der Waals surface area (Å²) in [5.74, 6) is 0.853. The molecule has 6 aromatic rings. The maximum atomic E-state index is 12.3. The number of hydrogen-bond acceptors (Lipinski definition) is 12. The van der Waals surface area contributed by atoms with Crippen molar-refractivity contribution in [1.82, 2.24) is 35.2 Å². The maximum Gasteiger partial charge on any atom is 0.297 e. The van der Waals surface area contributed by atoms with Gasteiger partial charge in [0.05, 0.1) is 36.0 Å². The molecule has 0 aliphatic heterocycles. The van der Waals surface area contributed by atoms with Crippen LogP contribution in [0.2, 0.25) is 0 Å². The Bertz CT molecular complexity index is 2240. The second-order valence-electron chi connectivity index (χ2n) is 13.1. The Morgan fingerprint density at radius 2 is 1.19 bits per heavy atom. The van der Waals surface area contributed by atoms with Crippen molar-refractivity contribution in [2.24, 2.45) is 0 Å². The average Bonchev–Trinajstić information content (AvgIpc) is 3.87. The van der Waals surface area contributed by atoms with Crippen LogP contribution in [0.25, 0.3) is 21.5 Å². The number of halogens is 2.